The molecule has 0 radical (unpaired) electrons. The smallest absolute Gasteiger partial charge is 0.338 e. The van der Waals surface area contributed by atoms with Crippen molar-refractivity contribution in [2.75, 3.05) is 6.61 Å². The average Bonchev–Trinajstić information content (AvgIpc) is 3.61. The molecule has 0 unspecified atom stereocenters. The minimum atomic E-state index is -1.15. The quantitative estimate of drug-likeness (QED) is 0.242. The first kappa shape index (κ1) is 28.1. The number of fused-ring (bicyclic) bond motifs is 1. The van der Waals surface area contributed by atoms with E-state index in [2.05, 4.69) is 0 Å². The van der Waals surface area contributed by atoms with Gasteiger partial charge in [-0.05, 0) is 42.8 Å². The number of nitrogens with zero attached hydrogens (tertiary/aromatic N) is 2. The number of esters is 1. The zero-order valence-electron chi connectivity index (χ0n) is 22.7. The zero-order valence-corrected chi connectivity index (χ0v) is 24.3. The lowest BCUT2D eigenvalue weighted by molar-refractivity contribution is -0.138. The van der Waals surface area contributed by atoms with E-state index in [0.29, 0.717) is 32.1 Å². The second-order valence-corrected chi connectivity index (χ2v) is 11.0. The van der Waals surface area contributed by atoms with Crippen LogP contribution < -0.4 is 14.9 Å². The van der Waals surface area contributed by atoms with E-state index in [9.17, 15) is 19.5 Å². The minimum absolute atomic E-state index is 0.0436. The lowest BCUT2D eigenvalue weighted by Crippen LogP contribution is -2.39. The Morgan fingerprint density at radius 1 is 1.02 bits per heavy atom. The predicted octanol–water partition coefficient (Wildman–Crippen LogP) is 5.55. The highest BCUT2D eigenvalue weighted by Gasteiger charge is 2.35. The summed E-state index contributed by atoms with van der Waals surface area (Å²) >= 11 is 7.20. The fourth-order valence-corrected chi connectivity index (χ4v) is 6.13. The molecule has 3 heterocycles. The van der Waals surface area contributed by atoms with Crippen molar-refractivity contribution < 1.29 is 23.8 Å². The summed E-state index contributed by atoms with van der Waals surface area (Å²) in [5, 5.41) is 9.55. The highest BCUT2D eigenvalue weighted by Crippen LogP contribution is 2.35. The van der Waals surface area contributed by atoms with Crippen LogP contribution in [0.25, 0.3) is 23.1 Å². The Bertz CT molecular complexity index is 2080. The molecule has 1 aliphatic heterocycles. The van der Waals surface area contributed by atoms with Crippen molar-refractivity contribution in [3.8, 4) is 11.3 Å². The number of rotatable bonds is 7. The molecule has 10 heteroatoms. The van der Waals surface area contributed by atoms with Crippen LogP contribution >= 0.6 is 22.9 Å². The van der Waals surface area contributed by atoms with Gasteiger partial charge in [-0.1, -0.05) is 83.6 Å². The Morgan fingerprint density at radius 3 is 2.44 bits per heavy atom. The first-order valence-corrected chi connectivity index (χ1v) is 14.5. The van der Waals surface area contributed by atoms with Crippen LogP contribution in [0.1, 0.15) is 40.2 Å². The van der Waals surface area contributed by atoms with E-state index in [4.69, 9.17) is 25.7 Å². The molecule has 0 bridgehead atoms. The van der Waals surface area contributed by atoms with Gasteiger partial charge in [0.05, 0.1) is 39.0 Å². The number of carbonyl (C=O) groups is 2. The van der Waals surface area contributed by atoms with Crippen molar-refractivity contribution >= 4 is 46.6 Å². The van der Waals surface area contributed by atoms with Crippen LogP contribution in [0, 0.1) is 0 Å². The second-order valence-electron chi connectivity index (χ2n) is 9.54. The third kappa shape index (κ3) is 5.36. The summed E-state index contributed by atoms with van der Waals surface area (Å²) in [6.07, 6.45) is 1.61. The molecule has 0 amide bonds. The summed E-state index contributed by atoms with van der Waals surface area (Å²) in [6, 6.07) is 25.8. The third-order valence-electron chi connectivity index (χ3n) is 6.87. The molecule has 43 heavy (non-hydrogen) atoms. The highest BCUT2D eigenvalue weighted by atomic mass is 35.5. The van der Waals surface area contributed by atoms with Crippen molar-refractivity contribution in [2.45, 2.75) is 13.0 Å². The molecule has 8 nitrogen and oxygen atoms in total. The molecule has 3 aromatic carbocycles. The van der Waals surface area contributed by atoms with Gasteiger partial charge < -0.3 is 14.3 Å². The maximum absolute atomic E-state index is 14.0. The number of benzene rings is 3. The average molecular weight is 611 g/mol. The number of hydrogen-bond acceptors (Lipinski definition) is 7. The fourth-order valence-electron chi connectivity index (χ4n) is 4.95. The highest BCUT2D eigenvalue weighted by molar-refractivity contribution is 7.07. The van der Waals surface area contributed by atoms with Crippen LogP contribution in [0.3, 0.4) is 0 Å². The van der Waals surface area contributed by atoms with E-state index in [-0.39, 0.29) is 28.3 Å². The number of aromatic carboxylic acids is 1. The normalized spacial score (nSPS) is 14.7. The summed E-state index contributed by atoms with van der Waals surface area (Å²) in [5.74, 6) is -0.898. The van der Waals surface area contributed by atoms with Crippen LogP contribution in [0.15, 0.2) is 111 Å². The molecule has 0 fully saturated rings. The van der Waals surface area contributed by atoms with Gasteiger partial charge in [-0.2, -0.15) is 0 Å². The number of carboxylic acids is 1. The van der Waals surface area contributed by atoms with Crippen molar-refractivity contribution in [3.63, 3.8) is 0 Å². The van der Waals surface area contributed by atoms with Crippen LogP contribution in [-0.4, -0.2) is 28.2 Å². The Kier molecular flexibility index (Phi) is 7.67. The monoisotopic (exact) mass is 610 g/mol. The molecule has 6 rings (SSSR count). The molecule has 1 atom stereocenters. The van der Waals surface area contributed by atoms with Gasteiger partial charge in [0.1, 0.15) is 11.5 Å². The molecular weight excluding hydrogens is 588 g/mol. The van der Waals surface area contributed by atoms with Crippen molar-refractivity contribution in [2.24, 2.45) is 4.99 Å². The van der Waals surface area contributed by atoms with E-state index in [1.807, 2.05) is 60.7 Å². The number of hydrogen-bond donors (Lipinski definition) is 1. The number of furan rings is 1. The molecule has 0 spiro atoms. The van der Waals surface area contributed by atoms with Gasteiger partial charge in [0.15, 0.2) is 4.80 Å². The van der Waals surface area contributed by atoms with Gasteiger partial charge >= 0.3 is 11.9 Å². The largest absolute Gasteiger partial charge is 0.478 e. The summed E-state index contributed by atoms with van der Waals surface area (Å²) in [7, 11) is 0. The summed E-state index contributed by atoms with van der Waals surface area (Å²) < 4.78 is 13.3. The van der Waals surface area contributed by atoms with Gasteiger partial charge in [-0.15, -0.1) is 0 Å². The van der Waals surface area contributed by atoms with Gasteiger partial charge in [-0.3, -0.25) is 9.36 Å². The predicted molar refractivity (Wildman–Crippen MR) is 164 cm³/mol. The van der Waals surface area contributed by atoms with E-state index in [0.717, 1.165) is 11.1 Å². The Hall–Kier alpha value is -4.99. The lowest BCUT2D eigenvalue weighted by atomic mass is 9.93. The summed E-state index contributed by atoms with van der Waals surface area (Å²) in [4.78, 5) is 44.3. The molecule has 5 aromatic rings. The molecule has 0 saturated carbocycles. The number of aromatic nitrogens is 1. The summed E-state index contributed by atoms with van der Waals surface area (Å²) in [5.41, 5.74) is 2.32. The van der Waals surface area contributed by atoms with Crippen LogP contribution in [0.5, 0.6) is 0 Å². The van der Waals surface area contributed by atoms with Crippen molar-refractivity contribution in [3.05, 3.63) is 144 Å². The van der Waals surface area contributed by atoms with Gasteiger partial charge in [0.2, 0.25) is 0 Å². The van der Waals surface area contributed by atoms with Gasteiger partial charge in [0, 0.05) is 17.2 Å². The van der Waals surface area contributed by atoms with Crippen LogP contribution in [0.4, 0.5) is 0 Å². The number of carboxylic acid groups (broad SMARTS) is 1. The minimum Gasteiger partial charge on any atom is -0.478 e. The van der Waals surface area contributed by atoms with E-state index >= 15 is 0 Å². The molecule has 2 aromatic heterocycles. The fraction of sp³-hybridized carbons (Fsp3) is 0.0909. The molecule has 0 aliphatic carbocycles. The SMILES string of the molecule is CCOC(=O)C1=C(c2ccccc2)N=c2s/c(=C\c3ccc(-c4ccc(Cl)c(C(=O)O)c4)o3)c(=O)n2[C@H]1c1ccccc1. The van der Waals surface area contributed by atoms with Crippen LogP contribution in [-0.2, 0) is 9.53 Å². The number of carbonyl (C=O) groups excluding carboxylic acids is 1. The van der Waals surface area contributed by atoms with Gasteiger partial charge in [-0.25, -0.2) is 14.6 Å². The molecule has 0 saturated heterocycles. The van der Waals surface area contributed by atoms with E-state index in [1.165, 1.54) is 28.0 Å². The Balaban J connectivity index is 1.52. The van der Waals surface area contributed by atoms with E-state index in [1.54, 1.807) is 31.2 Å². The lowest BCUT2D eigenvalue weighted by Gasteiger charge is -2.25. The Labute approximate surface area is 254 Å². The van der Waals surface area contributed by atoms with Gasteiger partial charge in [0.25, 0.3) is 5.56 Å². The summed E-state index contributed by atoms with van der Waals surface area (Å²) in [6.45, 7) is 1.90. The zero-order chi connectivity index (χ0) is 30.1. The van der Waals surface area contributed by atoms with Crippen molar-refractivity contribution in [1.29, 1.82) is 0 Å². The van der Waals surface area contributed by atoms with Crippen molar-refractivity contribution in [1.82, 2.24) is 4.57 Å². The second kappa shape index (κ2) is 11.7. The van der Waals surface area contributed by atoms with Crippen LogP contribution in [0.2, 0.25) is 5.02 Å². The third-order valence-corrected chi connectivity index (χ3v) is 8.18. The standard InChI is InChI=1S/C33H23ClN2O6S/c1-2-41-32(40)27-28(19-9-5-3-6-10-19)35-33-36(29(27)20-11-7-4-8-12-20)30(37)26(43-33)18-22-14-16-25(42-22)21-13-15-24(34)23(17-21)31(38)39/h3-18,29H,2H2,1H3,(H,38,39)/b26-18-/t29-/m0/s1. The first-order chi connectivity index (χ1) is 20.9. The topological polar surface area (TPSA) is 111 Å². The number of ether oxygens (including phenoxy) is 1. The molecule has 214 valence electrons. The molecule has 1 N–H and O–H groups in total. The molecule has 1 aliphatic rings. The Morgan fingerprint density at radius 2 is 1.74 bits per heavy atom. The maximum atomic E-state index is 14.0. The number of halogens is 1. The maximum Gasteiger partial charge on any atom is 0.338 e. The van der Waals surface area contributed by atoms with E-state index < -0.39 is 18.0 Å². The number of thiazole rings is 1. The first-order valence-electron chi connectivity index (χ1n) is 13.3. The molecular formula is C33H23ClN2O6S.